The SMILES string of the molecule is COc1ccc(NC(=O)CCN2C(=O)[C@H]3[C@@H]4C=C[C@@H]([C@H]5C[C@H]45)[C@@H]3C2=O)cc1. The minimum Gasteiger partial charge on any atom is -0.497 e. The predicted octanol–water partition coefficient (Wildman–Crippen LogP) is 2.08. The second-order valence-corrected chi connectivity index (χ2v) is 8.01. The summed E-state index contributed by atoms with van der Waals surface area (Å²) < 4.78 is 5.09. The van der Waals surface area contributed by atoms with E-state index in [0.717, 1.165) is 6.42 Å². The van der Waals surface area contributed by atoms with E-state index < -0.39 is 0 Å². The van der Waals surface area contributed by atoms with Crippen molar-refractivity contribution in [3.05, 3.63) is 36.4 Å². The molecule has 6 rings (SSSR count). The summed E-state index contributed by atoms with van der Waals surface area (Å²) in [7, 11) is 1.58. The molecule has 2 bridgehead atoms. The summed E-state index contributed by atoms with van der Waals surface area (Å²) in [6.45, 7) is 0.154. The molecular weight excluding hydrogens is 344 g/mol. The number of ether oxygens (including phenoxy) is 1. The zero-order valence-corrected chi connectivity index (χ0v) is 15.1. The fourth-order valence-electron chi connectivity index (χ4n) is 5.35. The Balaban J connectivity index is 1.22. The van der Waals surface area contributed by atoms with E-state index in [2.05, 4.69) is 17.5 Å². The Morgan fingerprint density at radius 1 is 1.07 bits per heavy atom. The number of allylic oxidation sites excluding steroid dienone is 2. The van der Waals surface area contributed by atoms with Crippen LogP contribution in [0.25, 0.3) is 0 Å². The van der Waals surface area contributed by atoms with Gasteiger partial charge in [-0.2, -0.15) is 0 Å². The number of carbonyl (C=O) groups is 3. The van der Waals surface area contributed by atoms with Crippen molar-refractivity contribution in [3.8, 4) is 5.75 Å². The van der Waals surface area contributed by atoms with Crippen molar-refractivity contribution in [1.29, 1.82) is 0 Å². The first-order chi connectivity index (χ1) is 13.1. The topological polar surface area (TPSA) is 75.7 Å². The summed E-state index contributed by atoms with van der Waals surface area (Å²) in [4.78, 5) is 39.3. The highest BCUT2D eigenvalue weighted by Crippen LogP contribution is 2.65. The van der Waals surface area contributed by atoms with Crippen molar-refractivity contribution in [2.75, 3.05) is 19.0 Å². The maximum Gasteiger partial charge on any atom is 0.233 e. The molecule has 27 heavy (non-hydrogen) atoms. The van der Waals surface area contributed by atoms with Crippen molar-refractivity contribution in [1.82, 2.24) is 4.90 Å². The summed E-state index contributed by atoms with van der Waals surface area (Å²) in [5, 5.41) is 2.80. The van der Waals surface area contributed by atoms with Crippen LogP contribution >= 0.6 is 0 Å². The monoisotopic (exact) mass is 366 g/mol. The summed E-state index contributed by atoms with van der Waals surface area (Å²) in [6, 6.07) is 7.05. The van der Waals surface area contributed by atoms with Crippen LogP contribution in [-0.4, -0.2) is 36.3 Å². The van der Waals surface area contributed by atoms with Crippen LogP contribution in [0.3, 0.4) is 0 Å². The lowest BCUT2D eigenvalue weighted by atomic mass is 9.63. The van der Waals surface area contributed by atoms with Crippen LogP contribution in [-0.2, 0) is 14.4 Å². The molecule has 3 amide bonds. The highest BCUT2D eigenvalue weighted by atomic mass is 16.5. The van der Waals surface area contributed by atoms with Crippen molar-refractivity contribution in [2.45, 2.75) is 12.8 Å². The Morgan fingerprint density at radius 3 is 2.22 bits per heavy atom. The summed E-state index contributed by atoms with van der Waals surface area (Å²) >= 11 is 0. The number of benzene rings is 1. The van der Waals surface area contributed by atoms with Gasteiger partial charge in [0.2, 0.25) is 17.7 Å². The highest BCUT2D eigenvalue weighted by Gasteiger charge is 2.66. The number of hydrogen-bond acceptors (Lipinski definition) is 4. The van der Waals surface area contributed by atoms with E-state index in [1.807, 2.05) is 0 Å². The highest BCUT2D eigenvalue weighted by molar-refractivity contribution is 6.06. The van der Waals surface area contributed by atoms with Gasteiger partial charge in [-0.25, -0.2) is 0 Å². The molecule has 1 N–H and O–H groups in total. The lowest BCUT2D eigenvalue weighted by molar-refractivity contribution is -0.140. The first-order valence-corrected chi connectivity index (χ1v) is 9.56. The lowest BCUT2D eigenvalue weighted by Crippen LogP contribution is -2.40. The van der Waals surface area contributed by atoms with Crippen molar-refractivity contribution in [3.63, 3.8) is 0 Å². The van der Waals surface area contributed by atoms with Gasteiger partial charge in [-0.1, -0.05) is 12.2 Å². The van der Waals surface area contributed by atoms with E-state index >= 15 is 0 Å². The molecule has 1 aromatic rings. The van der Waals surface area contributed by atoms with Gasteiger partial charge in [-0.05, 0) is 54.4 Å². The van der Waals surface area contributed by atoms with Gasteiger partial charge in [0, 0.05) is 18.7 Å². The molecule has 5 aliphatic rings. The smallest absolute Gasteiger partial charge is 0.233 e. The van der Waals surface area contributed by atoms with Gasteiger partial charge in [-0.15, -0.1) is 0 Å². The fourth-order valence-corrected chi connectivity index (χ4v) is 5.35. The number of imide groups is 1. The second-order valence-electron chi connectivity index (χ2n) is 8.01. The van der Waals surface area contributed by atoms with Gasteiger partial charge >= 0.3 is 0 Å². The predicted molar refractivity (Wildman–Crippen MR) is 97.7 cm³/mol. The van der Waals surface area contributed by atoms with Crippen LogP contribution in [0.4, 0.5) is 5.69 Å². The van der Waals surface area contributed by atoms with E-state index in [4.69, 9.17) is 4.74 Å². The number of anilines is 1. The third-order valence-electron chi connectivity index (χ3n) is 6.69. The molecular formula is C21H22N2O4. The quantitative estimate of drug-likeness (QED) is 0.639. The van der Waals surface area contributed by atoms with Gasteiger partial charge in [0.05, 0.1) is 18.9 Å². The number of nitrogens with one attached hydrogen (secondary N) is 1. The van der Waals surface area contributed by atoms with Crippen LogP contribution in [0, 0.1) is 35.5 Å². The van der Waals surface area contributed by atoms with Gasteiger partial charge in [0.1, 0.15) is 5.75 Å². The van der Waals surface area contributed by atoms with E-state index in [0.29, 0.717) is 23.3 Å². The van der Waals surface area contributed by atoms with E-state index in [1.54, 1.807) is 31.4 Å². The molecule has 6 atom stereocenters. The van der Waals surface area contributed by atoms with Crippen LogP contribution in [0.15, 0.2) is 36.4 Å². The lowest BCUT2D eigenvalue weighted by Gasteiger charge is -2.37. The molecule has 0 aromatic heterocycles. The van der Waals surface area contributed by atoms with Gasteiger partial charge < -0.3 is 10.1 Å². The van der Waals surface area contributed by atoms with Gasteiger partial charge in [0.15, 0.2) is 0 Å². The number of carbonyl (C=O) groups excluding carboxylic acids is 3. The Bertz CT molecular complexity index is 810. The van der Waals surface area contributed by atoms with Crippen LogP contribution < -0.4 is 10.1 Å². The zero-order chi connectivity index (χ0) is 18.7. The molecule has 1 aliphatic heterocycles. The first kappa shape index (κ1) is 16.5. The standard InChI is InChI=1S/C21H22N2O4/c1-27-12-4-2-11(3-5-12)22-17(24)8-9-23-20(25)18-13-6-7-14(16-10-15(13)16)19(18)21(23)26/h2-7,13-16,18-19H,8-10H2,1H3,(H,22,24)/t13-,14+,15-,16-,18+,19+/m1/s1. The number of likely N-dealkylation sites (tertiary alicyclic amines) is 1. The molecule has 1 heterocycles. The minimum atomic E-state index is -0.209. The number of methoxy groups -OCH3 is 1. The van der Waals surface area contributed by atoms with Crippen LogP contribution in [0.2, 0.25) is 0 Å². The molecule has 1 saturated heterocycles. The van der Waals surface area contributed by atoms with E-state index in [9.17, 15) is 14.4 Å². The molecule has 0 unspecified atom stereocenters. The molecule has 6 heteroatoms. The molecule has 0 spiro atoms. The van der Waals surface area contributed by atoms with Gasteiger partial charge in [-0.3, -0.25) is 19.3 Å². The number of rotatable bonds is 5. The molecule has 4 aliphatic carbocycles. The van der Waals surface area contributed by atoms with Crippen molar-refractivity contribution < 1.29 is 19.1 Å². The fraction of sp³-hybridized carbons (Fsp3) is 0.476. The Labute approximate surface area is 157 Å². The molecule has 2 saturated carbocycles. The number of amides is 3. The van der Waals surface area contributed by atoms with E-state index in [-0.39, 0.29) is 54.4 Å². The third kappa shape index (κ3) is 2.50. The van der Waals surface area contributed by atoms with E-state index in [1.165, 1.54) is 4.90 Å². The Kier molecular flexibility index (Phi) is 3.64. The summed E-state index contributed by atoms with van der Waals surface area (Å²) in [6.07, 6.45) is 5.58. The van der Waals surface area contributed by atoms with Crippen molar-refractivity contribution >= 4 is 23.4 Å². The van der Waals surface area contributed by atoms with Crippen LogP contribution in [0.5, 0.6) is 5.75 Å². The maximum atomic E-state index is 12.9. The summed E-state index contributed by atoms with van der Waals surface area (Å²) in [5.74, 6) is 1.59. The zero-order valence-electron chi connectivity index (χ0n) is 15.1. The van der Waals surface area contributed by atoms with Crippen LogP contribution in [0.1, 0.15) is 12.8 Å². The summed E-state index contributed by atoms with van der Waals surface area (Å²) in [5.41, 5.74) is 0.663. The largest absolute Gasteiger partial charge is 0.497 e. The van der Waals surface area contributed by atoms with Gasteiger partial charge in [0.25, 0.3) is 0 Å². The molecule has 140 valence electrons. The first-order valence-electron chi connectivity index (χ1n) is 9.56. The average Bonchev–Trinajstić information content (AvgIpc) is 3.46. The molecule has 0 radical (unpaired) electrons. The maximum absolute atomic E-state index is 12.9. The Hall–Kier alpha value is -2.63. The second kappa shape index (κ2) is 5.94. The molecule has 3 fully saturated rings. The number of nitrogens with zero attached hydrogens (tertiary/aromatic N) is 1. The third-order valence-corrected chi connectivity index (χ3v) is 6.69. The molecule has 1 aromatic carbocycles. The Morgan fingerprint density at radius 2 is 1.67 bits per heavy atom. The average molecular weight is 366 g/mol. The minimum absolute atomic E-state index is 0.0769. The normalized spacial score (nSPS) is 35.1. The van der Waals surface area contributed by atoms with Crippen molar-refractivity contribution in [2.24, 2.45) is 35.5 Å². The number of hydrogen-bond donors (Lipinski definition) is 1. The molecule has 6 nitrogen and oxygen atoms in total.